The third-order valence-corrected chi connectivity index (χ3v) is 6.56. The van der Waals surface area contributed by atoms with E-state index in [2.05, 4.69) is 67.5 Å². The highest BCUT2D eigenvalue weighted by molar-refractivity contribution is 5.34. The van der Waals surface area contributed by atoms with Gasteiger partial charge < -0.3 is 42.5 Å². The first kappa shape index (κ1) is 26.1. The number of hydrogen-bond acceptors (Lipinski definition) is 8. The van der Waals surface area contributed by atoms with Crippen LogP contribution in [0.1, 0.15) is 18.1 Å². The Morgan fingerprint density at radius 3 is 1.45 bits per heavy atom. The van der Waals surface area contributed by atoms with Gasteiger partial charge in [-0.15, -0.1) is 6.42 Å². The number of benzene rings is 1. The Morgan fingerprint density at radius 2 is 1.09 bits per heavy atom. The summed E-state index contributed by atoms with van der Waals surface area (Å²) >= 11 is 0. The summed E-state index contributed by atoms with van der Waals surface area (Å²) in [6.07, 6.45) is 5.51. The fourth-order valence-electron chi connectivity index (χ4n) is 4.63. The zero-order chi connectivity index (χ0) is 23.2. The van der Waals surface area contributed by atoms with Gasteiger partial charge in [0.15, 0.2) is 0 Å². The summed E-state index contributed by atoms with van der Waals surface area (Å²) in [4.78, 5) is 0. The maximum atomic E-state index is 5.51. The zero-order valence-corrected chi connectivity index (χ0v) is 20.3. The second-order valence-electron chi connectivity index (χ2n) is 9.35. The van der Waals surface area contributed by atoms with Gasteiger partial charge in [0.25, 0.3) is 0 Å². The topological polar surface area (TPSA) is 96.2 Å². The van der Waals surface area contributed by atoms with Gasteiger partial charge >= 0.3 is 0 Å². The Morgan fingerprint density at radius 1 is 0.697 bits per heavy atom. The molecule has 0 saturated carbocycles. The molecule has 33 heavy (non-hydrogen) atoms. The molecule has 0 amide bonds. The molecular formula is C25H44N8. The highest BCUT2D eigenvalue weighted by Crippen LogP contribution is 2.08. The molecule has 8 N–H and O–H groups in total. The van der Waals surface area contributed by atoms with E-state index < -0.39 is 0 Å². The van der Waals surface area contributed by atoms with Crippen LogP contribution in [-0.4, -0.2) is 96.2 Å². The van der Waals surface area contributed by atoms with Crippen LogP contribution >= 0.6 is 0 Å². The summed E-state index contributed by atoms with van der Waals surface area (Å²) in [7, 11) is 0. The van der Waals surface area contributed by atoms with E-state index >= 15 is 0 Å². The van der Waals surface area contributed by atoms with Crippen LogP contribution in [0.25, 0.3) is 0 Å². The molecule has 0 atom stereocenters. The van der Waals surface area contributed by atoms with Crippen LogP contribution in [0.2, 0.25) is 0 Å². The quantitative estimate of drug-likeness (QED) is 0.251. The fourth-order valence-corrected chi connectivity index (χ4v) is 4.63. The molecule has 3 aliphatic rings. The van der Waals surface area contributed by atoms with Gasteiger partial charge in [0, 0.05) is 90.6 Å². The number of fused-ring (bicyclic) bond motifs is 15. The van der Waals surface area contributed by atoms with E-state index in [1.807, 2.05) is 12.1 Å². The van der Waals surface area contributed by atoms with Gasteiger partial charge in [-0.1, -0.05) is 25.0 Å². The van der Waals surface area contributed by atoms with E-state index in [1.54, 1.807) is 0 Å². The number of likely N-dealkylation sites (N-methyl/N-ethyl adjacent to an activating group) is 1. The summed E-state index contributed by atoms with van der Waals surface area (Å²) in [5.41, 5.74) is 2.06. The molecule has 2 bridgehead atoms. The van der Waals surface area contributed by atoms with Gasteiger partial charge in [0.2, 0.25) is 0 Å². The number of rotatable bonds is 5. The van der Waals surface area contributed by atoms with E-state index in [-0.39, 0.29) is 11.1 Å². The predicted octanol–water partition coefficient (Wildman–Crippen LogP) is -1.59. The molecule has 0 spiro atoms. The number of terminal acetylenes is 1. The van der Waals surface area contributed by atoms with Crippen LogP contribution < -0.4 is 42.5 Å². The normalized spacial score (nSPS) is 28.5. The summed E-state index contributed by atoms with van der Waals surface area (Å²) in [6.45, 7) is 15.0. The molecule has 3 aliphatic heterocycles. The maximum Gasteiger partial charge on any atom is 0.0561 e. The Kier molecular flexibility index (Phi) is 11.1. The standard InChI is InChI=1S/C25H44N8/c1-3-22-5-7-23(8-6-22)15-33-25-19-29-12-9-26-16-24(32-4-2,17-27-10-13-30-20-25)18-28-11-14-31-21-25/h1,5-8,26-33H,4,9-21H2,2H3. The first-order chi connectivity index (χ1) is 16.2. The van der Waals surface area contributed by atoms with Crippen molar-refractivity contribution in [2.45, 2.75) is 24.5 Å². The Bertz CT molecular complexity index is 671. The van der Waals surface area contributed by atoms with Crippen LogP contribution in [0.4, 0.5) is 0 Å². The molecule has 0 aromatic heterocycles. The second-order valence-corrected chi connectivity index (χ2v) is 9.35. The van der Waals surface area contributed by atoms with Crippen LogP contribution in [0.3, 0.4) is 0 Å². The zero-order valence-electron chi connectivity index (χ0n) is 20.3. The van der Waals surface area contributed by atoms with Crippen molar-refractivity contribution < 1.29 is 0 Å². The lowest BCUT2D eigenvalue weighted by Crippen LogP contribution is -2.66. The SMILES string of the molecule is C#Cc1ccc(CNC23CNCCNCC(NCC)(CNCCNC2)CNCCNC3)cc1. The minimum atomic E-state index is -0.105. The molecule has 3 fully saturated rings. The monoisotopic (exact) mass is 456 g/mol. The number of nitrogens with one attached hydrogen (secondary N) is 8. The average Bonchev–Trinajstić information content (AvgIpc) is 2.84. The Hall–Kier alpha value is -1.54. The minimum absolute atomic E-state index is 0.00324. The molecule has 184 valence electrons. The van der Waals surface area contributed by atoms with Crippen molar-refractivity contribution in [2.75, 3.05) is 85.1 Å². The lowest BCUT2D eigenvalue weighted by atomic mass is 9.97. The molecule has 8 heteroatoms. The van der Waals surface area contributed by atoms with Crippen molar-refractivity contribution >= 4 is 0 Å². The molecular weight excluding hydrogens is 412 g/mol. The molecule has 1 aromatic carbocycles. The predicted molar refractivity (Wildman–Crippen MR) is 138 cm³/mol. The first-order valence-electron chi connectivity index (χ1n) is 12.5. The molecule has 3 saturated heterocycles. The molecule has 8 nitrogen and oxygen atoms in total. The van der Waals surface area contributed by atoms with Gasteiger partial charge in [-0.25, -0.2) is 0 Å². The Labute approximate surface area is 200 Å². The summed E-state index contributed by atoms with van der Waals surface area (Å²) < 4.78 is 0. The van der Waals surface area contributed by atoms with E-state index in [0.717, 1.165) is 97.2 Å². The van der Waals surface area contributed by atoms with Gasteiger partial charge in [-0.3, -0.25) is 0 Å². The van der Waals surface area contributed by atoms with E-state index in [4.69, 9.17) is 6.42 Å². The second kappa shape index (κ2) is 14.0. The molecule has 0 radical (unpaired) electrons. The Balaban J connectivity index is 1.71. The van der Waals surface area contributed by atoms with Crippen molar-refractivity contribution in [1.29, 1.82) is 0 Å². The van der Waals surface area contributed by atoms with Gasteiger partial charge in [0.05, 0.1) is 11.1 Å². The van der Waals surface area contributed by atoms with Crippen LogP contribution in [0.15, 0.2) is 24.3 Å². The van der Waals surface area contributed by atoms with Crippen LogP contribution in [0.5, 0.6) is 0 Å². The highest BCUT2D eigenvalue weighted by Gasteiger charge is 2.31. The lowest BCUT2D eigenvalue weighted by molar-refractivity contribution is 0.256. The van der Waals surface area contributed by atoms with Gasteiger partial charge in [0.1, 0.15) is 0 Å². The third kappa shape index (κ3) is 8.63. The molecule has 1 aromatic rings. The van der Waals surface area contributed by atoms with Gasteiger partial charge in [-0.2, -0.15) is 0 Å². The largest absolute Gasteiger partial charge is 0.314 e. The lowest BCUT2D eigenvalue weighted by Gasteiger charge is -2.39. The van der Waals surface area contributed by atoms with E-state index in [0.29, 0.717) is 0 Å². The molecule has 4 rings (SSSR count). The van der Waals surface area contributed by atoms with Crippen molar-refractivity contribution in [2.24, 2.45) is 0 Å². The summed E-state index contributed by atoms with van der Waals surface area (Å²) in [6, 6.07) is 8.27. The van der Waals surface area contributed by atoms with Gasteiger partial charge in [-0.05, 0) is 24.2 Å². The fraction of sp³-hybridized carbons (Fsp3) is 0.680. The third-order valence-electron chi connectivity index (χ3n) is 6.56. The first-order valence-corrected chi connectivity index (χ1v) is 12.5. The van der Waals surface area contributed by atoms with Crippen molar-refractivity contribution in [3.05, 3.63) is 35.4 Å². The highest BCUT2D eigenvalue weighted by atomic mass is 15.2. The van der Waals surface area contributed by atoms with Crippen molar-refractivity contribution in [3.63, 3.8) is 0 Å². The molecule has 3 heterocycles. The van der Waals surface area contributed by atoms with Crippen LogP contribution in [0, 0.1) is 12.3 Å². The minimum Gasteiger partial charge on any atom is -0.314 e. The summed E-state index contributed by atoms with van der Waals surface area (Å²) in [5, 5.41) is 29.8. The van der Waals surface area contributed by atoms with E-state index in [9.17, 15) is 0 Å². The number of hydrogen-bond donors (Lipinski definition) is 8. The summed E-state index contributed by atoms with van der Waals surface area (Å²) in [5.74, 6) is 2.70. The maximum absolute atomic E-state index is 5.51. The van der Waals surface area contributed by atoms with Crippen molar-refractivity contribution in [3.8, 4) is 12.3 Å². The van der Waals surface area contributed by atoms with Crippen LogP contribution in [-0.2, 0) is 6.54 Å². The molecule has 0 aliphatic carbocycles. The van der Waals surface area contributed by atoms with E-state index in [1.165, 1.54) is 5.56 Å². The molecule has 0 unspecified atom stereocenters. The van der Waals surface area contributed by atoms with Crippen molar-refractivity contribution in [1.82, 2.24) is 42.5 Å². The smallest absolute Gasteiger partial charge is 0.0561 e. The average molecular weight is 457 g/mol.